The molecule has 0 bridgehead atoms. The maximum Gasteiger partial charge on any atom is 0.0110 e. The van der Waals surface area contributed by atoms with Crippen molar-refractivity contribution in [1.82, 2.24) is 9.80 Å². The Morgan fingerprint density at radius 3 is 2.32 bits per heavy atom. The standard InChI is InChI=1S/C17H33N2/c1-16-7-9-17(10-8-16)6-4-3-5-11-19-14-12-18(2)13-15-19/h17H,3-15H2,1-2H3. The summed E-state index contributed by atoms with van der Waals surface area (Å²) in [4.78, 5) is 5.09. The summed E-state index contributed by atoms with van der Waals surface area (Å²) in [6, 6.07) is 0. The van der Waals surface area contributed by atoms with Gasteiger partial charge in [0.05, 0.1) is 0 Å². The summed E-state index contributed by atoms with van der Waals surface area (Å²) in [5.41, 5.74) is 0. The highest BCUT2D eigenvalue weighted by molar-refractivity contribution is 4.89. The van der Waals surface area contributed by atoms with E-state index in [-0.39, 0.29) is 0 Å². The van der Waals surface area contributed by atoms with Crippen molar-refractivity contribution in [3.8, 4) is 0 Å². The Bertz CT molecular complexity index is 201. The van der Waals surface area contributed by atoms with Crippen molar-refractivity contribution in [1.29, 1.82) is 0 Å². The van der Waals surface area contributed by atoms with E-state index in [2.05, 4.69) is 23.8 Å². The van der Waals surface area contributed by atoms with Gasteiger partial charge in [0.1, 0.15) is 0 Å². The van der Waals surface area contributed by atoms with Crippen molar-refractivity contribution in [3.63, 3.8) is 0 Å². The van der Waals surface area contributed by atoms with Gasteiger partial charge in [-0.1, -0.05) is 26.2 Å². The molecule has 0 unspecified atom stereocenters. The smallest absolute Gasteiger partial charge is 0.0110 e. The molecule has 1 aliphatic carbocycles. The van der Waals surface area contributed by atoms with Crippen LogP contribution in [0.2, 0.25) is 0 Å². The van der Waals surface area contributed by atoms with Crippen LogP contribution in [0.1, 0.15) is 58.3 Å². The summed E-state index contributed by atoms with van der Waals surface area (Å²) < 4.78 is 0. The second-order valence-corrected chi connectivity index (χ2v) is 6.89. The van der Waals surface area contributed by atoms with E-state index in [9.17, 15) is 0 Å². The lowest BCUT2D eigenvalue weighted by Crippen LogP contribution is -2.44. The first-order valence-corrected chi connectivity index (χ1v) is 8.46. The first-order valence-electron chi connectivity index (χ1n) is 8.46. The second kappa shape index (κ2) is 8.26. The summed E-state index contributed by atoms with van der Waals surface area (Å²) in [6.07, 6.45) is 11.6. The van der Waals surface area contributed by atoms with Crippen LogP contribution in [-0.4, -0.2) is 49.6 Å². The first kappa shape index (κ1) is 15.3. The fraction of sp³-hybridized carbons (Fsp3) is 0.941. The molecule has 0 spiro atoms. The molecule has 2 aliphatic rings. The quantitative estimate of drug-likeness (QED) is 0.677. The monoisotopic (exact) mass is 265 g/mol. The minimum Gasteiger partial charge on any atom is -0.304 e. The van der Waals surface area contributed by atoms with Gasteiger partial charge in [-0.25, -0.2) is 0 Å². The minimum atomic E-state index is 1.05. The van der Waals surface area contributed by atoms with E-state index in [1.54, 1.807) is 5.92 Å². The SMILES string of the molecule is C[C]1CCC(CCCCCN2CCN(C)CC2)CC1. The third-order valence-corrected chi connectivity index (χ3v) is 5.14. The van der Waals surface area contributed by atoms with Crippen LogP contribution in [0.5, 0.6) is 0 Å². The van der Waals surface area contributed by atoms with Gasteiger partial charge in [-0.2, -0.15) is 0 Å². The van der Waals surface area contributed by atoms with Crippen LogP contribution >= 0.6 is 0 Å². The summed E-state index contributed by atoms with van der Waals surface area (Å²) >= 11 is 0. The van der Waals surface area contributed by atoms with Crippen LogP contribution in [0, 0.1) is 11.8 Å². The van der Waals surface area contributed by atoms with Crippen molar-refractivity contribution in [2.75, 3.05) is 39.8 Å². The van der Waals surface area contributed by atoms with Crippen LogP contribution in [-0.2, 0) is 0 Å². The molecule has 1 saturated carbocycles. The van der Waals surface area contributed by atoms with Gasteiger partial charge in [-0.05, 0) is 57.5 Å². The van der Waals surface area contributed by atoms with Gasteiger partial charge >= 0.3 is 0 Å². The van der Waals surface area contributed by atoms with Crippen LogP contribution in [0.3, 0.4) is 0 Å². The topological polar surface area (TPSA) is 6.48 Å². The molecule has 2 fully saturated rings. The molecule has 1 heterocycles. The Morgan fingerprint density at radius 1 is 0.947 bits per heavy atom. The molecule has 0 atom stereocenters. The van der Waals surface area contributed by atoms with Crippen molar-refractivity contribution >= 4 is 0 Å². The molecular weight excluding hydrogens is 232 g/mol. The Kier molecular flexibility index (Phi) is 6.66. The Hall–Kier alpha value is -0.0800. The zero-order chi connectivity index (χ0) is 13.5. The Balaban J connectivity index is 1.44. The van der Waals surface area contributed by atoms with E-state index in [4.69, 9.17) is 0 Å². The zero-order valence-corrected chi connectivity index (χ0v) is 13.2. The summed E-state index contributed by atoms with van der Waals surface area (Å²) in [6.45, 7) is 8.77. The van der Waals surface area contributed by atoms with E-state index in [1.165, 1.54) is 84.1 Å². The molecule has 2 heteroatoms. The zero-order valence-electron chi connectivity index (χ0n) is 13.2. The highest BCUT2D eigenvalue weighted by Crippen LogP contribution is 2.32. The number of piperazine rings is 1. The van der Waals surface area contributed by atoms with Gasteiger partial charge in [0.2, 0.25) is 0 Å². The number of likely N-dealkylation sites (N-methyl/N-ethyl adjacent to an activating group) is 1. The first-order chi connectivity index (χ1) is 9.24. The number of hydrogen-bond donors (Lipinski definition) is 0. The van der Waals surface area contributed by atoms with Gasteiger partial charge < -0.3 is 9.80 Å². The lowest BCUT2D eigenvalue weighted by atomic mass is 9.80. The molecule has 0 aromatic rings. The molecule has 2 nitrogen and oxygen atoms in total. The van der Waals surface area contributed by atoms with E-state index in [0.717, 1.165) is 5.92 Å². The molecule has 0 aromatic heterocycles. The minimum absolute atomic E-state index is 1.05. The van der Waals surface area contributed by atoms with Crippen LogP contribution in [0.4, 0.5) is 0 Å². The number of rotatable bonds is 6. The molecule has 0 amide bonds. The van der Waals surface area contributed by atoms with Crippen LogP contribution < -0.4 is 0 Å². The number of unbranched alkanes of at least 4 members (excludes halogenated alkanes) is 2. The number of hydrogen-bond acceptors (Lipinski definition) is 2. The third kappa shape index (κ3) is 5.83. The van der Waals surface area contributed by atoms with Crippen molar-refractivity contribution in [2.24, 2.45) is 5.92 Å². The molecule has 111 valence electrons. The average Bonchev–Trinajstić information content (AvgIpc) is 2.43. The third-order valence-electron chi connectivity index (χ3n) is 5.14. The van der Waals surface area contributed by atoms with Crippen LogP contribution in [0.15, 0.2) is 0 Å². The van der Waals surface area contributed by atoms with E-state index in [0.29, 0.717) is 0 Å². The van der Waals surface area contributed by atoms with Gasteiger partial charge in [-0.15, -0.1) is 0 Å². The highest BCUT2D eigenvalue weighted by Gasteiger charge is 2.18. The second-order valence-electron chi connectivity index (χ2n) is 6.89. The van der Waals surface area contributed by atoms with Gasteiger partial charge in [0, 0.05) is 26.2 Å². The predicted octanol–water partition coefficient (Wildman–Crippen LogP) is 3.58. The van der Waals surface area contributed by atoms with E-state index < -0.39 is 0 Å². The molecule has 2 rings (SSSR count). The molecule has 1 saturated heterocycles. The summed E-state index contributed by atoms with van der Waals surface area (Å²) in [5.74, 6) is 2.79. The van der Waals surface area contributed by atoms with Crippen molar-refractivity contribution < 1.29 is 0 Å². The highest BCUT2D eigenvalue weighted by atomic mass is 15.2. The van der Waals surface area contributed by atoms with Crippen molar-refractivity contribution in [3.05, 3.63) is 5.92 Å². The Morgan fingerprint density at radius 2 is 1.63 bits per heavy atom. The van der Waals surface area contributed by atoms with Crippen LogP contribution in [0.25, 0.3) is 0 Å². The maximum absolute atomic E-state index is 2.65. The Labute approximate surface area is 120 Å². The fourth-order valence-electron chi connectivity index (χ4n) is 3.48. The molecule has 19 heavy (non-hydrogen) atoms. The lowest BCUT2D eigenvalue weighted by Gasteiger charge is -2.32. The fourth-order valence-corrected chi connectivity index (χ4v) is 3.48. The van der Waals surface area contributed by atoms with E-state index >= 15 is 0 Å². The van der Waals surface area contributed by atoms with Gasteiger partial charge in [-0.3, -0.25) is 0 Å². The summed E-state index contributed by atoms with van der Waals surface area (Å²) in [5, 5.41) is 0. The summed E-state index contributed by atoms with van der Waals surface area (Å²) in [7, 11) is 2.24. The van der Waals surface area contributed by atoms with Gasteiger partial charge in [0.25, 0.3) is 0 Å². The maximum atomic E-state index is 2.65. The molecular formula is C17H33N2. The molecule has 1 aliphatic heterocycles. The lowest BCUT2D eigenvalue weighted by molar-refractivity contribution is 0.151. The average molecular weight is 265 g/mol. The van der Waals surface area contributed by atoms with E-state index in [1.807, 2.05) is 0 Å². The normalized spacial score (nSPS) is 24.9. The van der Waals surface area contributed by atoms with Gasteiger partial charge in [0.15, 0.2) is 0 Å². The molecule has 1 radical (unpaired) electrons. The largest absolute Gasteiger partial charge is 0.304 e. The molecule has 0 aromatic carbocycles. The molecule has 0 N–H and O–H groups in total. The predicted molar refractivity (Wildman–Crippen MR) is 83.3 cm³/mol. The van der Waals surface area contributed by atoms with Crippen molar-refractivity contribution in [2.45, 2.75) is 58.3 Å². The number of nitrogens with zero attached hydrogens (tertiary/aromatic N) is 2.